The number of methoxy groups -OCH3 is 1. The van der Waals surface area contributed by atoms with E-state index in [0.717, 1.165) is 28.3 Å². The number of thioether (sulfide) groups is 1. The number of carbonyl (C=O) groups is 1. The maximum absolute atomic E-state index is 12.6. The van der Waals surface area contributed by atoms with Gasteiger partial charge in [0, 0.05) is 17.3 Å². The lowest BCUT2D eigenvalue weighted by molar-refractivity contribution is -0.115. The average molecular weight is 470 g/mol. The Kier molecular flexibility index (Phi) is 6.09. The molecule has 1 amide bonds. The number of amides is 1. The lowest BCUT2D eigenvalue weighted by Gasteiger charge is -2.03. The summed E-state index contributed by atoms with van der Waals surface area (Å²) < 4.78 is 12.3. The van der Waals surface area contributed by atoms with E-state index in [4.69, 9.17) is 14.3 Å². The van der Waals surface area contributed by atoms with Crippen molar-refractivity contribution in [3.63, 3.8) is 0 Å². The highest BCUT2D eigenvalue weighted by Crippen LogP contribution is 2.31. The van der Waals surface area contributed by atoms with Crippen LogP contribution in [-0.2, 0) is 4.79 Å². The number of amidine groups is 1. The minimum Gasteiger partial charge on any atom is -0.497 e. The number of ether oxygens (including phenoxy) is 1. The molecule has 1 saturated heterocycles. The largest absolute Gasteiger partial charge is 0.497 e. The zero-order valence-corrected chi connectivity index (χ0v) is 18.9. The van der Waals surface area contributed by atoms with Crippen LogP contribution in [0.2, 0.25) is 0 Å². The summed E-state index contributed by atoms with van der Waals surface area (Å²) >= 11 is 1.21. The smallest absolute Gasteiger partial charge is 0.264 e. The molecule has 1 aliphatic heterocycles. The summed E-state index contributed by atoms with van der Waals surface area (Å²) in [5.41, 5.74) is 3.36. The number of benzene rings is 2. The highest BCUT2D eigenvalue weighted by Gasteiger charge is 2.25. The first-order valence-electron chi connectivity index (χ1n) is 10.3. The lowest BCUT2D eigenvalue weighted by atomic mass is 10.1. The van der Waals surface area contributed by atoms with Crippen molar-refractivity contribution < 1.29 is 13.9 Å². The highest BCUT2D eigenvalue weighted by atomic mass is 32.2. The van der Waals surface area contributed by atoms with E-state index in [-0.39, 0.29) is 5.91 Å². The van der Waals surface area contributed by atoms with Gasteiger partial charge >= 0.3 is 0 Å². The molecule has 2 aromatic heterocycles. The molecule has 34 heavy (non-hydrogen) atoms. The molecular weight excluding hydrogens is 450 g/mol. The van der Waals surface area contributed by atoms with Crippen LogP contribution in [0.3, 0.4) is 0 Å². The predicted octanol–water partition coefficient (Wildman–Crippen LogP) is 4.73. The summed E-state index contributed by atoms with van der Waals surface area (Å²) in [6.45, 7) is 0. The fourth-order valence-corrected chi connectivity index (χ4v) is 4.07. The zero-order chi connectivity index (χ0) is 23.3. The second kappa shape index (κ2) is 9.63. The third-order valence-electron chi connectivity index (χ3n) is 4.94. The molecule has 1 N–H and O–H groups in total. The molecule has 0 spiro atoms. The van der Waals surface area contributed by atoms with Gasteiger partial charge in [0.05, 0.1) is 35.9 Å². The van der Waals surface area contributed by atoms with Gasteiger partial charge in [0.2, 0.25) is 0 Å². The number of carbonyl (C=O) groups excluding carboxylic acids is 1. The van der Waals surface area contributed by atoms with Gasteiger partial charge in [-0.3, -0.25) is 10.1 Å². The molecule has 168 valence electrons. The highest BCUT2D eigenvalue weighted by molar-refractivity contribution is 8.18. The fourth-order valence-electron chi connectivity index (χ4n) is 3.30. The second-order valence-electron chi connectivity index (χ2n) is 7.17. The van der Waals surface area contributed by atoms with Gasteiger partial charge in [0.15, 0.2) is 5.17 Å². The molecule has 0 atom stereocenters. The van der Waals surface area contributed by atoms with Crippen molar-refractivity contribution in [1.29, 1.82) is 0 Å². The number of aromatic nitrogens is 2. The molecule has 3 heterocycles. The van der Waals surface area contributed by atoms with Gasteiger partial charge in [0.25, 0.3) is 5.91 Å². The summed E-state index contributed by atoms with van der Waals surface area (Å²) in [5.74, 6) is 1.09. The van der Waals surface area contributed by atoms with Crippen molar-refractivity contribution in [2.45, 2.75) is 0 Å². The van der Waals surface area contributed by atoms with Crippen molar-refractivity contribution in [3.05, 3.63) is 95.4 Å². The Balaban J connectivity index is 1.48. The van der Waals surface area contributed by atoms with E-state index in [9.17, 15) is 4.79 Å². The molecule has 0 bridgehead atoms. The molecular formula is C25H19N5O3S. The van der Waals surface area contributed by atoms with Crippen LogP contribution in [0.25, 0.3) is 23.0 Å². The number of furan rings is 1. The Bertz CT molecular complexity index is 1390. The van der Waals surface area contributed by atoms with Crippen molar-refractivity contribution in [2.24, 2.45) is 10.2 Å². The number of hydrogen-bond donors (Lipinski definition) is 1. The molecule has 8 nitrogen and oxygen atoms in total. The van der Waals surface area contributed by atoms with Gasteiger partial charge in [-0.1, -0.05) is 18.2 Å². The van der Waals surface area contributed by atoms with Gasteiger partial charge in [-0.25, -0.2) is 4.68 Å². The predicted molar refractivity (Wildman–Crippen MR) is 133 cm³/mol. The van der Waals surface area contributed by atoms with Crippen molar-refractivity contribution >= 4 is 35.1 Å². The van der Waals surface area contributed by atoms with Crippen LogP contribution < -0.4 is 10.1 Å². The van der Waals surface area contributed by atoms with E-state index in [2.05, 4.69) is 15.5 Å². The lowest BCUT2D eigenvalue weighted by Crippen LogP contribution is -2.19. The standard InChI is InChI=1S/C25H19N5O3S/c1-32-20-11-9-17(10-12-20)23-18(16-30(29-23)19-6-3-2-4-7-19)14-22-24(31)27-25(34-22)28-26-15-21-8-5-13-33-21/h2-16H,1H3,(H,27,28,31). The van der Waals surface area contributed by atoms with E-state index < -0.39 is 0 Å². The molecule has 0 aliphatic carbocycles. The molecule has 0 radical (unpaired) electrons. The second-order valence-corrected chi connectivity index (χ2v) is 8.20. The Morgan fingerprint density at radius 2 is 1.91 bits per heavy atom. The monoisotopic (exact) mass is 469 g/mol. The van der Waals surface area contributed by atoms with E-state index in [1.807, 2.05) is 66.9 Å². The van der Waals surface area contributed by atoms with Gasteiger partial charge in [-0.05, 0) is 66.4 Å². The first kappa shape index (κ1) is 21.5. The maximum Gasteiger partial charge on any atom is 0.264 e. The summed E-state index contributed by atoms with van der Waals surface area (Å²) in [6, 6.07) is 21.0. The summed E-state index contributed by atoms with van der Waals surface area (Å²) in [7, 11) is 1.63. The Hall–Kier alpha value is -4.37. The molecule has 1 aliphatic rings. The van der Waals surface area contributed by atoms with E-state index in [1.54, 1.807) is 30.2 Å². The fraction of sp³-hybridized carbons (Fsp3) is 0.0400. The van der Waals surface area contributed by atoms with E-state index in [0.29, 0.717) is 15.8 Å². The number of nitrogens with zero attached hydrogens (tertiary/aromatic N) is 4. The molecule has 1 fully saturated rings. The average Bonchev–Trinajstić information content (AvgIpc) is 3.61. The van der Waals surface area contributed by atoms with Crippen LogP contribution in [0.15, 0.2) is 98.7 Å². The number of nitrogens with one attached hydrogen (secondary N) is 1. The maximum atomic E-state index is 12.6. The van der Waals surface area contributed by atoms with Crippen LogP contribution in [0.1, 0.15) is 11.3 Å². The summed E-state index contributed by atoms with van der Waals surface area (Å²) in [4.78, 5) is 13.1. The van der Waals surface area contributed by atoms with E-state index >= 15 is 0 Å². The first-order chi connectivity index (χ1) is 16.7. The van der Waals surface area contributed by atoms with Gasteiger partial charge in [-0.2, -0.15) is 10.2 Å². The minimum absolute atomic E-state index is 0.245. The third-order valence-corrected chi connectivity index (χ3v) is 5.84. The topological polar surface area (TPSA) is 94.0 Å². The van der Waals surface area contributed by atoms with Gasteiger partial charge in [-0.15, -0.1) is 5.10 Å². The summed E-state index contributed by atoms with van der Waals surface area (Å²) in [6.07, 6.45) is 6.75. The number of rotatable bonds is 6. The molecule has 2 aromatic carbocycles. The van der Waals surface area contributed by atoms with Crippen LogP contribution in [0.4, 0.5) is 0 Å². The van der Waals surface area contributed by atoms with Gasteiger partial charge in [0.1, 0.15) is 11.5 Å². The SMILES string of the molecule is COc1ccc(-c2nn(-c3ccccc3)cc2C=C2S/C(=N/N=Cc3ccco3)NC2=O)cc1. The molecule has 5 rings (SSSR count). The van der Waals surface area contributed by atoms with Crippen molar-refractivity contribution in [2.75, 3.05) is 7.11 Å². The Labute approximate surface area is 199 Å². The van der Waals surface area contributed by atoms with Crippen LogP contribution in [-0.4, -0.2) is 34.2 Å². The quantitative estimate of drug-likeness (QED) is 0.250. The molecule has 9 heteroatoms. The summed E-state index contributed by atoms with van der Waals surface area (Å²) in [5, 5.41) is 16.0. The Morgan fingerprint density at radius 3 is 2.65 bits per heavy atom. The Morgan fingerprint density at radius 1 is 1.09 bits per heavy atom. The number of hydrogen-bond acceptors (Lipinski definition) is 7. The molecule has 0 saturated carbocycles. The van der Waals surface area contributed by atoms with Gasteiger partial charge < -0.3 is 9.15 Å². The molecule has 4 aromatic rings. The van der Waals surface area contributed by atoms with Crippen LogP contribution in [0, 0.1) is 0 Å². The van der Waals surface area contributed by atoms with Crippen LogP contribution in [0.5, 0.6) is 5.75 Å². The van der Waals surface area contributed by atoms with Crippen LogP contribution >= 0.6 is 11.8 Å². The first-order valence-corrected chi connectivity index (χ1v) is 11.2. The van der Waals surface area contributed by atoms with Crippen molar-refractivity contribution in [1.82, 2.24) is 15.1 Å². The minimum atomic E-state index is -0.245. The zero-order valence-electron chi connectivity index (χ0n) is 18.1. The number of para-hydroxylation sites is 1. The third kappa shape index (κ3) is 4.69. The van der Waals surface area contributed by atoms with Crippen molar-refractivity contribution in [3.8, 4) is 22.7 Å². The van der Waals surface area contributed by atoms with E-state index in [1.165, 1.54) is 18.0 Å². The normalized spacial score (nSPS) is 16.0. The molecule has 0 unspecified atom stereocenters.